The summed E-state index contributed by atoms with van der Waals surface area (Å²) in [5.41, 5.74) is 9.70. The van der Waals surface area contributed by atoms with Gasteiger partial charge in [-0.15, -0.1) is 0 Å². The van der Waals surface area contributed by atoms with E-state index >= 15 is 0 Å². The zero-order valence-electron chi connectivity index (χ0n) is 11.5. The Bertz CT molecular complexity index is 543. The second kappa shape index (κ2) is 5.89. The van der Waals surface area contributed by atoms with E-state index in [4.69, 9.17) is 5.73 Å². The van der Waals surface area contributed by atoms with Gasteiger partial charge in [0.2, 0.25) is 0 Å². The molecular formula is C17H20BrN. The lowest BCUT2D eigenvalue weighted by atomic mass is 9.85. The van der Waals surface area contributed by atoms with Gasteiger partial charge in [-0.05, 0) is 42.2 Å². The minimum atomic E-state index is -0.464. The highest BCUT2D eigenvalue weighted by atomic mass is 79.9. The fourth-order valence-corrected chi connectivity index (χ4v) is 2.68. The fraction of sp³-hybridized carbons (Fsp3) is 0.294. The van der Waals surface area contributed by atoms with Gasteiger partial charge in [0.15, 0.2) is 0 Å². The molecule has 19 heavy (non-hydrogen) atoms. The second-order valence-corrected chi connectivity index (χ2v) is 6.08. The number of rotatable bonds is 4. The van der Waals surface area contributed by atoms with Crippen LogP contribution in [0.5, 0.6) is 0 Å². The van der Waals surface area contributed by atoms with Crippen molar-refractivity contribution < 1.29 is 0 Å². The molecule has 0 saturated heterocycles. The van der Waals surface area contributed by atoms with Gasteiger partial charge in [-0.1, -0.05) is 65.7 Å². The molecule has 100 valence electrons. The summed E-state index contributed by atoms with van der Waals surface area (Å²) in [5.74, 6) is 0. The fourth-order valence-electron chi connectivity index (χ4n) is 2.28. The van der Waals surface area contributed by atoms with Gasteiger partial charge in [-0.3, -0.25) is 0 Å². The SMILES string of the molecule is CCCc1ccc(C(C)(N)c2cccc(Br)c2)cc1. The molecule has 0 fully saturated rings. The van der Waals surface area contributed by atoms with Crippen LogP contribution in [0.1, 0.15) is 37.0 Å². The molecule has 0 aliphatic heterocycles. The Morgan fingerprint density at radius 3 is 2.32 bits per heavy atom. The first kappa shape index (κ1) is 14.3. The Morgan fingerprint density at radius 2 is 1.74 bits per heavy atom. The first-order chi connectivity index (χ1) is 9.04. The minimum absolute atomic E-state index is 0.464. The minimum Gasteiger partial charge on any atom is -0.318 e. The average Bonchev–Trinajstić information content (AvgIpc) is 2.40. The molecule has 1 unspecified atom stereocenters. The predicted octanol–water partition coefficient (Wildman–Crippen LogP) is 4.62. The van der Waals surface area contributed by atoms with Crippen LogP contribution in [0.2, 0.25) is 0 Å². The molecule has 0 aliphatic rings. The maximum atomic E-state index is 6.53. The van der Waals surface area contributed by atoms with Crippen molar-refractivity contribution in [3.8, 4) is 0 Å². The summed E-state index contributed by atoms with van der Waals surface area (Å²) in [7, 11) is 0. The van der Waals surface area contributed by atoms with E-state index in [0.29, 0.717) is 0 Å². The van der Waals surface area contributed by atoms with Gasteiger partial charge in [0, 0.05) is 4.47 Å². The van der Waals surface area contributed by atoms with Crippen LogP contribution in [0.3, 0.4) is 0 Å². The van der Waals surface area contributed by atoms with E-state index in [9.17, 15) is 0 Å². The molecule has 0 aromatic heterocycles. The predicted molar refractivity (Wildman–Crippen MR) is 85.2 cm³/mol. The molecule has 0 aliphatic carbocycles. The van der Waals surface area contributed by atoms with Crippen LogP contribution in [0.4, 0.5) is 0 Å². The number of aryl methyl sites for hydroxylation is 1. The molecule has 0 spiro atoms. The monoisotopic (exact) mass is 317 g/mol. The molecule has 0 saturated carbocycles. The van der Waals surface area contributed by atoms with E-state index < -0.39 is 5.54 Å². The van der Waals surface area contributed by atoms with E-state index in [-0.39, 0.29) is 0 Å². The summed E-state index contributed by atoms with van der Waals surface area (Å²) < 4.78 is 1.06. The second-order valence-electron chi connectivity index (χ2n) is 5.16. The molecule has 2 rings (SSSR count). The summed E-state index contributed by atoms with van der Waals surface area (Å²) >= 11 is 3.50. The normalized spacial score (nSPS) is 14.1. The van der Waals surface area contributed by atoms with E-state index in [0.717, 1.165) is 22.0 Å². The van der Waals surface area contributed by atoms with Gasteiger partial charge >= 0.3 is 0 Å². The van der Waals surface area contributed by atoms with E-state index in [1.807, 2.05) is 12.1 Å². The Balaban J connectivity index is 2.33. The van der Waals surface area contributed by atoms with E-state index in [1.54, 1.807) is 0 Å². The van der Waals surface area contributed by atoms with Gasteiger partial charge in [-0.25, -0.2) is 0 Å². The molecule has 2 aromatic carbocycles. The maximum Gasteiger partial charge on any atom is 0.0637 e. The molecule has 0 amide bonds. The highest BCUT2D eigenvalue weighted by molar-refractivity contribution is 9.10. The van der Waals surface area contributed by atoms with Crippen LogP contribution in [0, 0.1) is 0 Å². The number of hydrogen-bond acceptors (Lipinski definition) is 1. The summed E-state index contributed by atoms with van der Waals surface area (Å²) in [6, 6.07) is 16.9. The lowest BCUT2D eigenvalue weighted by molar-refractivity contribution is 0.602. The van der Waals surface area contributed by atoms with E-state index in [1.165, 1.54) is 12.0 Å². The van der Waals surface area contributed by atoms with Crippen LogP contribution in [0.15, 0.2) is 53.0 Å². The molecular weight excluding hydrogens is 298 g/mol. The van der Waals surface area contributed by atoms with Gasteiger partial charge in [0.05, 0.1) is 5.54 Å². The number of hydrogen-bond donors (Lipinski definition) is 1. The average molecular weight is 318 g/mol. The zero-order chi connectivity index (χ0) is 13.9. The zero-order valence-corrected chi connectivity index (χ0v) is 13.1. The number of halogens is 1. The Labute approximate surface area is 124 Å². The van der Waals surface area contributed by atoms with Crippen LogP contribution in [0.25, 0.3) is 0 Å². The van der Waals surface area contributed by atoms with Gasteiger partial charge in [-0.2, -0.15) is 0 Å². The van der Waals surface area contributed by atoms with Crippen molar-refractivity contribution in [2.45, 2.75) is 32.2 Å². The standard InChI is InChI=1S/C17H20BrN/c1-3-5-13-8-10-14(11-9-13)17(2,19)15-6-4-7-16(18)12-15/h4,6-12H,3,5,19H2,1-2H3. The van der Waals surface area contributed by atoms with Crippen LogP contribution in [-0.2, 0) is 12.0 Å². The third-order valence-corrected chi connectivity index (χ3v) is 4.01. The maximum absolute atomic E-state index is 6.53. The van der Waals surface area contributed by atoms with E-state index in [2.05, 4.69) is 66.2 Å². The Morgan fingerprint density at radius 1 is 1.05 bits per heavy atom. The molecule has 1 atom stereocenters. The van der Waals surface area contributed by atoms with Crippen LogP contribution in [-0.4, -0.2) is 0 Å². The first-order valence-corrected chi connectivity index (χ1v) is 7.47. The van der Waals surface area contributed by atoms with Crippen molar-refractivity contribution in [3.63, 3.8) is 0 Å². The molecule has 2 aromatic rings. The molecule has 0 radical (unpaired) electrons. The van der Waals surface area contributed by atoms with Crippen molar-refractivity contribution in [2.24, 2.45) is 5.73 Å². The lowest BCUT2D eigenvalue weighted by Crippen LogP contribution is -2.34. The summed E-state index contributed by atoms with van der Waals surface area (Å²) in [5, 5.41) is 0. The van der Waals surface area contributed by atoms with Gasteiger partial charge < -0.3 is 5.73 Å². The van der Waals surface area contributed by atoms with Gasteiger partial charge in [0.25, 0.3) is 0 Å². The van der Waals surface area contributed by atoms with Crippen molar-refractivity contribution in [1.82, 2.24) is 0 Å². The highest BCUT2D eigenvalue weighted by Crippen LogP contribution is 2.28. The van der Waals surface area contributed by atoms with Gasteiger partial charge in [0.1, 0.15) is 0 Å². The largest absolute Gasteiger partial charge is 0.318 e. The molecule has 1 nitrogen and oxygen atoms in total. The smallest absolute Gasteiger partial charge is 0.0637 e. The number of nitrogens with two attached hydrogens (primary N) is 1. The molecule has 2 heteroatoms. The Kier molecular flexibility index (Phi) is 4.43. The Hall–Kier alpha value is -1.12. The van der Waals surface area contributed by atoms with Crippen molar-refractivity contribution >= 4 is 15.9 Å². The number of benzene rings is 2. The van der Waals surface area contributed by atoms with Crippen molar-refractivity contribution in [1.29, 1.82) is 0 Å². The van der Waals surface area contributed by atoms with Crippen molar-refractivity contribution in [2.75, 3.05) is 0 Å². The van der Waals surface area contributed by atoms with Crippen molar-refractivity contribution in [3.05, 3.63) is 69.7 Å². The summed E-state index contributed by atoms with van der Waals surface area (Å²) in [4.78, 5) is 0. The molecule has 0 heterocycles. The molecule has 2 N–H and O–H groups in total. The summed E-state index contributed by atoms with van der Waals surface area (Å²) in [6.07, 6.45) is 2.29. The third kappa shape index (κ3) is 3.26. The first-order valence-electron chi connectivity index (χ1n) is 6.68. The third-order valence-electron chi connectivity index (χ3n) is 3.52. The highest BCUT2D eigenvalue weighted by Gasteiger charge is 2.23. The quantitative estimate of drug-likeness (QED) is 0.874. The molecule has 0 bridgehead atoms. The van der Waals surface area contributed by atoms with Crippen LogP contribution >= 0.6 is 15.9 Å². The topological polar surface area (TPSA) is 26.0 Å². The lowest BCUT2D eigenvalue weighted by Gasteiger charge is -2.26. The van der Waals surface area contributed by atoms with Crippen LogP contribution < -0.4 is 5.73 Å². The summed E-state index contributed by atoms with van der Waals surface area (Å²) in [6.45, 7) is 4.26.